The van der Waals surface area contributed by atoms with E-state index in [1.54, 1.807) is 32.9 Å². The fourth-order valence-electron chi connectivity index (χ4n) is 2.08. The number of nitrogens with zero attached hydrogens (tertiary/aromatic N) is 2. The first kappa shape index (κ1) is 21.6. The maximum Gasteiger partial charge on any atom is 0.330 e. The molecule has 0 aliphatic heterocycles. The molecule has 0 aliphatic rings. The number of hydroxylamine groups is 1. The molecule has 1 aromatic heterocycles. The van der Waals surface area contributed by atoms with E-state index in [-0.39, 0.29) is 17.0 Å². The number of aliphatic carboxylic acids is 1. The van der Waals surface area contributed by atoms with Crippen molar-refractivity contribution in [2.24, 2.45) is 5.41 Å². The molecule has 0 spiro atoms. The van der Waals surface area contributed by atoms with Gasteiger partial charge >= 0.3 is 11.9 Å². The van der Waals surface area contributed by atoms with E-state index < -0.39 is 33.4 Å². The predicted octanol–water partition coefficient (Wildman–Crippen LogP) is 1.52. The number of carbonyl (C=O) groups is 2. The average Bonchev–Trinajstić information content (AvgIpc) is 3.07. The van der Waals surface area contributed by atoms with Crippen molar-refractivity contribution in [1.29, 1.82) is 0 Å². The number of benzene rings is 1. The lowest BCUT2D eigenvalue weighted by Crippen LogP contribution is -2.42. The fourth-order valence-corrected chi connectivity index (χ4v) is 3.23. The van der Waals surface area contributed by atoms with Crippen LogP contribution in [0.5, 0.6) is 0 Å². The average molecular weight is 409 g/mol. The maximum atomic E-state index is 12.6. The number of hydrogen-bond acceptors (Lipinski definition) is 7. The molecule has 28 heavy (non-hydrogen) atoms. The molecule has 0 aliphatic carbocycles. The number of aryl methyl sites for hydroxylation is 1. The molecule has 0 bridgehead atoms. The highest BCUT2D eigenvalue weighted by molar-refractivity contribution is 7.90. The highest BCUT2D eigenvalue weighted by Gasteiger charge is 2.27. The predicted molar refractivity (Wildman–Crippen MR) is 99.8 cm³/mol. The Morgan fingerprint density at radius 3 is 2.39 bits per heavy atom. The first-order chi connectivity index (χ1) is 12.9. The number of carboxylic acid groups (broad SMARTS) is 1. The Morgan fingerprint density at radius 1 is 1.25 bits per heavy atom. The molecular weight excluding hydrogens is 386 g/mol. The number of hydrogen-bond donors (Lipinski definition) is 2. The molecule has 0 saturated heterocycles. The molecule has 9 nitrogen and oxygen atoms in total. The minimum atomic E-state index is -3.84. The summed E-state index contributed by atoms with van der Waals surface area (Å²) in [5, 5.41) is 9.31. The minimum absolute atomic E-state index is 0.0917. The van der Waals surface area contributed by atoms with Crippen LogP contribution in [-0.2, 0) is 30.9 Å². The summed E-state index contributed by atoms with van der Waals surface area (Å²) in [6.45, 7) is 6.73. The Hall–Kier alpha value is -2.72. The van der Waals surface area contributed by atoms with Crippen LogP contribution in [0.3, 0.4) is 0 Å². The van der Waals surface area contributed by atoms with Gasteiger partial charge < -0.3 is 9.94 Å². The van der Waals surface area contributed by atoms with Crippen LogP contribution in [0.15, 0.2) is 41.7 Å². The molecule has 0 radical (unpaired) electrons. The minimum Gasteiger partial charge on any atom is -0.480 e. The normalized spacial score (nSPS) is 13.1. The van der Waals surface area contributed by atoms with Gasteiger partial charge in [-0.15, -0.1) is 5.48 Å². The molecule has 1 atom stereocenters. The SMILES string of the molecule is Cc1ccc(S(=O)(=O)n2cnc(CC(NOC(=O)C(C)(C)C)C(=O)O)c2)cc1. The van der Waals surface area contributed by atoms with Gasteiger partial charge in [-0.25, -0.2) is 22.2 Å². The zero-order chi connectivity index (χ0) is 21.1. The van der Waals surface area contributed by atoms with Crippen molar-refractivity contribution in [3.63, 3.8) is 0 Å². The molecule has 1 aromatic carbocycles. The summed E-state index contributed by atoms with van der Waals surface area (Å²) < 4.78 is 26.2. The molecule has 1 heterocycles. The van der Waals surface area contributed by atoms with Gasteiger partial charge in [-0.3, -0.25) is 4.79 Å². The standard InChI is InChI=1S/C18H23N3O6S/c1-12-5-7-14(8-6-12)28(25,26)21-10-13(19-11-21)9-15(16(22)23)20-27-17(24)18(2,3)4/h5-8,10-11,15,20H,9H2,1-4H3,(H,22,23). The van der Waals surface area contributed by atoms with E-state index in [0.717, 1.165) is 15.9 Å². The summed E-state index contributed by atoms with van der Waals surface area (Å²) in [6.07, 6.45) is 2.16. The van der Waals surface area contributed by atoms with Gasteiger partial charge in [-0.1, -0.05) is 17.7 Å². The van der Waals surface area contributed by atoms with Gasteiger partial charge in [0.05, 0.1) is 16.0 Å². The molecular formula is C18H23N3O6S. The van der Waals surface area contributed by atoms with E-state index in [0.29, 0.717) is 0 Å². The van der Waals surface area contributed by atoms with Gasteiger partial charge in [-0.05, 0) is 39.8 Å². The quantitative estimate of drug-likeness (QED) is 0.659. The third-order valence-corrected chi connectivity index (χ3v) is 5.45. The van der Waals surface area contributed by atoms with Crippen LogP contribution in [0.4, 0.5) is 0 Å². The number of carbonyl (C=O) groups excluding carboxylic acids is 1. The fraction of sp³-hybridized carbons (Fsp3) is 0.389. The summed E-state index contributed by atoms with van der Waals surface area (Å²) in [5.74, 6) is -1.89. The Kier molecular flexibility index (Phi) is 6.25. The second kappa shape index (κ2) is 8.11. The maximum absolute atomic E-state index is 12.6. The Labute approximate surface area is 163 Å². The second-order valence-electron chi connectivity index (χ2n) is 7.37. The van der Waals surface area contributed by atoms with E-state index in [9.17, 15) is 23.1 Å². The molecule has 2 N–H and O–H groups in total. The third-order valence-electron chi connectivity index (χ3n) is 3.83. The van der Waals surface area contributed by atoms with Crippen molar-refractivity contribution in [2.45, 2.75) is 45.1 Å². The monoisotopic (exact) mass is 409 g/mol. The van der Waals surface area contributed by atoms with Crippen molar-refractivity contribution in [3.8, 4) is 0 Å². The summed E-state index contributed by atoms with van der Waals surface area (Å²) in [5.41, 5.74) is 2.54. The van der Waals surface area contributed by atoms with Crippen LogP contribution in [-0.4, -0.2) is 40.5 Å². The van der Waals surface area contributed by atoms with Gasteiger partial charge in [0.25, 0.3) is 10.0 Å². The Morgan fingerprint density at radius 2 is 1.86 bits per heavy atom. The topological polar surface area (TPSA) is 128 Å². The van der Waals surface area contributed by atoms with Crippen molar-refractivity contribution in [1.82, 2.24) is 14.4 Å². The highest BCUT2D eigenvalue weighted by Crippen LogP contribution is 2.16. The van der Waals surface area contributed by atoms with Crippen LogP contribution in [0, 0.1) is 12.3 Å². The van der Waals surface area contributed by atoms with Crippen LogP contribution >= 0.6 is 0 Å². The van der Waals surface area contributed by atoms with Gasteiger partial charge in [0, 0.05) is 12.6 Å². The summed E-state index contributed by atoms with van der Waals surface area (Å²) in [4.78, 5) is 32.1. The highest BCUT2D eigenvalue weighted by atomic mass is 32.2. The lowest BCUT2D eigenvalue weighted by Gasteiger charge is -2.19. The van der Waals surface area contributed by atoms with E-state index in [2.05, 4.69) is 10.5 Å². The number of carboxylic acids is 1. The number of aromatic nitrogens is 2. The Bertz CT molecular complexity index is 958. The molecule has 2 aromatic rings. The van der Waals surface area contributed by atoms with Gasteiger partial charge in [-0.2, -0.15) is 0 Å². The lowest BCUT2D eigenvalue weighted by molar-refractivity contribution is -0.165. The van der Waals surface area contributed by atoms with E-state index in [1.165, 1.54) is 18.3 Å². The van der Waals surface area contributed by atoms with Gasteiger partial charge in [0.15, 0.2) is 0 Å². The largest absolute Gasteiger partial charge is 0.480 e. The summed E-state index contributed by atoms with van der Waals surface area (Å²) in [7, 11) is -3.84. The van der Waals surface area contributed by atoms with Crippen LogP contribution in [0.1, 0.15) is 32.0 Å². The number of nitrogens with one attached hydrogen (secondary N) is 1. The lowest BCUT2D eigenvalue weighted by atomic mass is 9.98. The molecule has 152 valence electrons. The first-order valence-corrected chi connectivity index (χ1v) is 9.90. The van der Waals surface area contributed by atoms with Crippen LogP contribution in [0.2, 0.25) is 0 Å². The van der Waals surface area contributed by atoms with Crippen molar-refractivity contribution < 1.29 is 28.0 Å². The zero-order valence-corrected chi connectivity index (χ0v) is 16.9. The molecule has 10 heteroatoms. The Balaban J connectivity index is 2.14. The van der Waals surface area contributed by atoms with E-state index in [1.807, 2.05) is 6.92 Å². The molecule has 0 fully saturated rings. The zero-order valence-electron chi connectivity index (χ0n) is 16.0. The summed E-state index contributed by atoms with van der Waals surface area (Å²) >= 11 is 0. The second-order valence-corrected chi connectivity index (χ2v) is 9.21. The number of imidazole rings is 1. The van der Waals surface area contributed by atoms with E-state index >= 15 is 0 Å². The molecule has 2 rings (SSSR count). The van der Waals surface area contributed by atoms with Gasteiger partial charge in [0.2, 0.25) is 0 Å². The molecule has 0 saturated carbocycles. The van der Waals surface area contributed by atoms with Crippen LogP contribution < -0.4 is 5.48 Å². The third kappa shape index (κ3) is 5.17. The number of rotatable bonds is 7. The first-order valence-electron chi connectivity index (χ1n) is 8.46. The summed E-state index contributed by atoms with van der Waals surface area (Å²) in [6, 6.07) is 5.05. The van der Waals surface area contributed by atoms with Gasteiger partial charge in [0.1, 0.15) is 12.4 Å². The van der Waals surface area contributed by atoms with Crippen molar-refractivity contribution in [2.75, 3.05) is 0 Å². The van der Waals surface area contributed by atoms with Crippen molar-refractivity contribution in [3.05, 3.63) is 48.0 Å². The van der Waals surface area contributed by atoms with Crippen LogP contribution in [0.25, 0.3) is 0 Å². The molecule has 0 amide bonds. The van der Waals surface area contributed by atoms with Crippen molar-refractivity contribution >= 4 is 22.0 Å². The molecule has 1 unspecified atom stereocenters. The smallest absolute Gasteiger partial charge is 0.330 e. The van der Waals surface area contributed by atoms with E-state index in [4.69, 9.17) is 4.84 Å².